The number of nitriles is 1. The first-order valence-electron chi connectivity index (χ1n) is 4.94. The van der Waals surface area contributed by atoms with Crippen LogP contribution in [0.5, 0.6) is 0 Å². The first kappa shape index (κ1) is 9.34. The molecule has 0 N–H and O–H groups in total. The molecule has 0 bridgehead atoms. The van der Waals surface area contributed by atoms with Crippen LogP contribution in [-0.2, 0) is 14.9 Å². The SMILES string of the molecule is N#CC1(C2(c3cccs3)COC2)COC1. The van der Waals surface area contributed by atoms with Gasteiger partial charge in [0.15, 0.2) is 0 Å². The summed E-state index contributed by atoms with van der Waals surface area (Å²) >= 11 is 1.71. The maximum atomic E-state index is 9.36. The predicted molar refractivity (Wildman–Crippen MR) is 55.7 cm³/mol. The normalized spacial score (nSPS) is 26.1. The van der Waals surface area contributed by atoms with Gasteiger partial charge >= 0.3 is 0 Å². The molecule has 0 saturated carbocycles. The number of hydrogen-bond donors (Lipinski definition) is 0. The third kappa shape index (κ3) is 1.01. The van der Waals surface area contributed by atoms with Crippen molar-refractivity contribution in [3.8, 4) is 6.07 Å². The Balaban J connectivity index is 2.04. The highest BCUT2D eigenvalue weighted by Gasteiger charge is 2.62. The third-order valence-electron chi connectivity index (χ3n) is 3.52. The fraction of sp³-hybridized carbons (Fsp3) is 0.545. The minimum Gasteiger partial charge on any atom is -0.379 e. The molecule has 2 aliphatic rings. The van der Waals surface area contributed by atoms with Crippen molar-refractivity contribution in [3.05, 3.63) is 22.4 Å². The molecule has 0 aromatic carbocycles. The average molecular weight is 221 g/mol. The van der Waals surface area contributed by atoms with Crippen molar-refractivity contribution in [1.29, 1.82) is 5.26 Å². The molecule has 0 radical (unpaired) electrons. The molecular weight excluding hydrogens is 210 g/mol. The molecule has 0 amide bonds. The van der Waals surface area contributed by atoms with Crippen molar-refractivity contribution in [2.24, 2.45) is 5.41 Å². The summed E-state index contributed by atoms with van der Waals surface area (Å²) in [5, 5.41) is 11.4. The van der Waals surface area contributed by atoms with Crippen molar-refractivity contribution >= 4 is 11.3 Å². The van der Waals surface area contributed by atoms with Gasteiger partial charge in [-0.2, -0.15) is 5.26 Å². The average Bonchev–Trinajstić information content (AvgIpc) is 2.60. The van der Waals surface area contributed by atoms with E-state index in [0.717, 1.165) is 0 Å². The van der Waals surface area contributed by atoms with Crippen LogP contribution in [0, 0.1) is 16.7 Å². The highest BCUT2D eigenvalue weighted by Crippen LogP contribution is 2.52. The Labute approximate surface area is 92.2 Å². The van der Waals surface area contributed by atoms with E-state index in [1.54, 1.807) is 11.3 Å². The molecule has 3 heterocycles. The largest absolute Gasteiger partial charge is 0.379 e. The lowest BCUT2D eigenvalue weighted by Crippen LogP contribution is -2.65. The fourth-order valence-electron chi connectivity index (χ4n) is 2.27. The topological polar surface area (TPSA) is 42.2 Å². The Morgan fingerprint density at radius 2 is 2.00 bits per heavy atom. The second-order valence-electron chi connectivity index (χ2n) is 4.24. The van der Waals surface area contributed by atoms with Crippen LogP contribution in [0.25, 0.3) is 0 Å². The van der Waals surface area contributed by atoms with Crippen LogP contribution in [0.3, 0.4) is 0 Å². The lowest BCUT2D eigenvalue weighted by atomic mass is 9.60. The zero-order chi connectivity index (χ0) is 10.4. The van der Waals surface area contributed by atoms with E-state index in [9.17, 15) is 5.26 Å². The van der Waals surface area contributed by atoms with E-state index in [1.807, 2.05) is 6.07 Å². The highest BCUT2D eigenvalue weighted by molar-refractivity contribution is 7.10. The van der Waals surface area contributed by atoms with E-state index in [1.165, 1.54) is 4.88 Å². The molecule has 0 atom stereocenters. The number of hydrogen-bond acceptors (Lipinski definition) is 4. The molecule has 0 aliphatic carbocycles. The molecular formula is C11H11NO2S. The summed E-state index contributed by atoms with van der Waals surface area (Å²) in [6.45, 7) is 2.41. The van der Waals surface area contributed by atoms with E-state index in [2.05, 4.69) is 17.5 Å². The molecule has 2 aliphatic heterocycles. The molecule has 2 fully saturated rings. The molecule has 3 rings (SSSR count). The van der Waals surface area contributed by atoms with Crippen LogP contribution in [0.2, 0.25) is 0 Å². The summed E-state index contributed by atoms with van der Waals surface area (Å²) in [7, 11) is 0. The fourth-order valence-corrected chi connectivity index (χ4v) is 3.27. The van der Waals surface area contributed by atoms with Crippen LogP contribution >= 0.6 is 11.3 Å². The second-order valence-corrected chi connectivity index (χ2v) is 5.19. The van der Waals surface area contributed by atoms with Gasteiger partial charge in [-0.15, -0.1) is 11.3 Å². The minimum absolute atomic E-state index is 0.103. The Bertz CT molecular complexity index is 399. The molecule has 3 nitrogen and oxygen atoms in total. The Kier molecular flexibility index (Phi) is 1.90. The van der Waals surface area contributed by atoms with Gasteiger partial charge in [-0.1, -0.05) is 6.07 Å². The standard InChI is InChI=1S/C11H11NO2S/c12-4-10(5-13-6-10)11(7-14-8-11)9-2-1-3-15-9/h1-3H,5-8H2. The summed E-state index contributed by atoms with van der Waals surface area (Å²) in [6, 6.07) is 6.58. The summed E-state index contributed by atoms with van der Waals surface area (Å²) in [4.78, 5) is 1.26. The molecule has 78 valence electrons. The van der Waals surface area contributed by atoms with Crippen LogP contribution in [0.1, 0.15) is 4.88 Å². The van der Waals surface area contributed by atoms with Crippen molar-refractivity contribution in [1.82, 2.24) is 0 Å². The van der Waals surface area contributed by atoms with Gasteiger partial charge in [0, 0.05) is 4.88 Å². The predicted octanol–water partition coefficient (Wildman–Crippen LogP) is 1.56. The lowest BCUT2D eigenvalue weighted by Gasteiger charge is -2.54. The van der Waals surface area contributed by atoms with Gasteiger partial charge in [-0.3, -0.25) is 0 Å². The quantitative estimate of drug-likeness (QED) is 0.761. The van der Waals surface area contributed by atoms with Crippen LogP contribution < -0.4 is 0 Å². The highest BCUT2D eigenvalue weighted by atomic mass is 32.1. The zero-order valence-corrected chi connectivity index (χ0v) is 9.05. The second kappa shape index (κ2) is 3.05. The molecule has 1 aromatic rings. The van der Waals surface area contributed by atoms with Crippen LogP contribution in [0.15, 0.2) is 17.5 Å². The Morgan fingerprint density at radius 3 is 2.33 bits per heavy atom. The number of nitrogens with zero attached hydrogens (tertiary/aromatic N) is 1. The molecule has 2 saturated heterocycles. The van der Waals surface area contributed by atoms with Gasteiger partial charge in [0.2, 0.25) is 0 Å². The van der Waals surface area contributed by atoms with Crippen LogP contribution in [-0.4, -0.2) is 26.4 Å². The summed E-state index contributed by atoms with van der Waals surface area (Å²) in [5.41, 5.74) is -0.454. The minimum atomic E-state index is -0.351. The van der Waals surface area contributed by atoms with Gasteiger partial charge in [0.05, 0.1) is 37.9 Å². The van der Waals surface area contributed by atoms with E-state index < -0.39 is 0 Å². The smallest absolute Gasteiger partial charge is 0.119 e. The van der Waals surface area contributed by atoms with Crippen LogP contribution in [0.4, 0.5) is 0 Å². The van der Waals surface area contributed by atoms with E-state index in [-0.39, 0.29) is 10.8 Å². The number of ether oxygens (including phenoxy) is 2. The first-order chi connectivity index (χ1) is 7.33. The lowest BCUT2D eigenvalue weighted by molar-refractivity contribution is -0.200. The van der Waals surface area contributed by atoms with E-state index >= 15 is 0 Å². The summed E-state index contributed by atoms with van der Waals surface area (Å²) in [5.74, 6) is 0. The molecule has 15 heavy (non-hydrogen) atoms. The summed E-state index contributed by atoms with van der Waals surface area (Å²) < 4.78 is 10.6. The van der Waals surface area contributed by atoms with Gasteiger partial charge in [0.25, 0.3) is 0 Å². The Morgan fingerprint density at radius 1 is 1.27 bits per heavy atom. The number of rotatable bonds is 2. The molecule has 1 aromatic heterocycles. The van der Waals surface area contributed by atoms with Gasteiger partial charge in [0.1, 0.15) is 5.41 Å². The third-order valence-corrected chi connectivity index (χ3v) is 4.59. The maximum Gasteiger partial charge on any atom is 0.119 e. The van der Waals surface area contributed by atoms with E-state index in [0.29, 0.717) is 26.4 Å². The first-order valence-corrected chi connectivity index (χ1v) is 5.82. The van der Waals surface area contributed by atoms with Crippen molar-refractivity contribution in [3.63, 3.8) is 0 Å². The monoisotopic (exact) mass is 221 g/mol. The van der Waals surface area contributed by atoms with Crippen molar-refractivity contribution in [2.75, 3.05) is 26.4 Å². The maximum absolute atomic E-state index is 9.36. The van der Waals surface area contributed by atoms with Gasteiger partial charge in [-0.25, -0.2) is 0 Å². The van der Waals surface area contributed by atoms with Crippen molar-refractivity contribution in [2.45, 2.75) is 5.41 Å². The zero-order valence-electron chi connectivity index (χ0n) is 8.23. The number of thiophene rings is 1. The van der Waals surface area contributed by atoms with E-state index in [4.69, 9.17) is 9.47 Å². The van der Waals surface area contributed by atoms with Crippen molar-refractivity contribution < 1.29 is 9.47 Å². The van der Waals surface area contributed by atoms with Gasteiger partial charge in [-0.05, 0) is 11.4 Å². The summed E-state index contributed by atoms with van der Waals surface area (Å²) in [6.07, 6.45) is 0. The molecule has 0 spiro atoms. The molecule has 0 unspecified atom stereocenters. The Hall–Kier alpha value is -0.890. The molecule has 4 heteroatoms. The van der Waals surface area contributed by atoms with Gasteiger partial charge < -0.3 is 9.47 Å².